The van der Waals surface area contributed by atoms with Crippen LogP contribution in [-0.2, 0) is 12.8 Å². The Labute approximate surface area is 173 Å². The van der Waals surface area contributed by atoms with E-state index in [1.807, 2.05) is 11.8 Å². The molecule has 2 aromatic carbocycles. The van der Waals surface area contributed by atoms with Crippen LogP contribution in [0.1, 0.15) is 59.4 Å². The molecule has 0 amide bonds. The van der Waals surface area contributed by atoms with Crippen LogP contribution in [0.5, 0.6) is 0 Å². The van der Waals surface area contributed by atoms with Gasteiger partial charge in [-0.15, -0.1) is 11.8 Å². The van der Waals surface area contributed by atoms with Crippen molar-refractivity contribution in [3.63, 3.8) is 0 Å². The van der Waals surface area contributed by atoms with Crippen molar-refractivity contribution in [1.82, 2.24) is 0 Å². The van der Waals surface area contributed by atoms with Gasteiger partial charge in [-0.1, -0.05) is 36.4 Å². The summed E-state index contributed by atoms with van der Waals surface area (Å²) >= 11 is 2.04. The number of benzene rings is 2. The fraction of sp³-hybridized carbons (Fsp3) is 0.520. The van der Waals surface area contributed by atoms with Gasteiger partial charge in [0.15, 0.2) is 0 Å². The molecule has 2 aliphatic carbocycles. The molecule has 28 heavy (non-hydrogen) atoms. The number of rotatable bonds is 5. The summed E-state index contributed by atoms with van der Waals surface area (Å²) in [4.78, 5) is 1.47. The SMILES string of the molecule is Cc1cccc(C)c1SC[C@@H]1CCc2cc([C@H]3CC[C@](N)(CO)C3)ccc2C1. The Morgan fingerprint density at radius 3 is 2.61 bits per heavy atom. The molecule has 0 aliphatic heterocycles. The van der Waals surface area contributed by atoms with Crippen molar-refractivity contribution in [2.75, 3.05) is 12.4 Å². The Hall–Kier alpha value is -1.29. The summed E-state index contributed by atoms with van der Waals surface area (Å²) in [5.74, 6) is 2.49. The standard InChI is InChI=1S/C25H33NOS/c1-17-4-3-5-18(2)24(17)28-15-19-6-7-21-13-22(9-8-20(21)12-19)23-10-11-25(26,14-23)16-27/h3-5,8-9,13,19,23,27H,6-7,10-12,14-16,26H2,1-2H3/t19-,23+,25-/m1/s1. The van der Waals surface area contributed by atoms with Crippen LogP contribution in [0, 0.1) is 19.8 Å². The summed E-state index contributed by atoms with van der Waals surface area (Å²) in [6, 6.07) is 13.7. The molecular weight excluding hydrogens is 362 g/mol. The van der Waals surface area contributed by atoms with Gasteiger partial charge in [-0.3, -0.25) is 0 Å². The number of aliphatic hydroxyl groups excluding tert-OH is 1. The molecule has 2 aromatic rings. The molecule has 3 heteroatoms. The molecule has 0 saturated heterocycles. The number of aliphatic hydroxyl groups is 1. The van der Waals surface area contributed by atoms with Gasteiger partial charge in [0.25, 0.3) is 0 Å². The molecule has 0 radical (unpaired) electrons. The molecule has 3 atom stereocenters. The van der Waals surface area contributed by atoms with E-state index in [0.29, 0.717) is 5.92 Å². The number of fused-ring (bicyclic) bond motifs is 1. The van der Waals surface area contributed by atoms with Crippen LogP contribution < -0.4 is 5.73 Å². The normalized spacial score (nSPS) is 27.0. The van der Waals surface area contributed by atoms with E-state index in [-0.39, 0.29) is 12.1 Å². The highest BCUT2D eigenvalue weighted by atomic mass is 32.2. The van der Waals surface area contributed by atoms with Crippen molar-refractivity contribution in [3.8, 4) is 0 Å². The minimum absolute atomic E-state index is 0.105. The van der Waals surface area contributed by atoms with Crippen LogP contribution in [-0.4, -0.2) is 23.0 Å². The summed E-state index contributed by atoms with van der Waals surface area (Å²) in [6.07, 6.45) is 6.64. The van der Waals surface area contributed by atoms with Gasteiger partial charge in [-0.25, -0.2) is 0 Å². The molecule has 0 bridgehead atoms. The van der Waals surface area contributed by atoms with Crippen molar-refractivity contribution in [3.05, 3.63) is 64.2 Å². The molecule has 0 spiro atoms. The van der Waals surface area contributed by atoms with E-state index >= 15 is 0 Å². The third-order valence-corrected chi connectivity index (χ3v) is 8.43. The molecular formula is C25H33NOS. The molecule has 150 valence electrons. The maximum atomic E-state index is 9.55. The van der Waals surface area contributed by atoms with Crippen molar-refractivity contribution in [1.29, 1.82) is 0 Å². The summed E-state index contributed by atoms with van der Waals surface area (Å²) in [7, 11) is 0. The van der Waals surface area contributed by atoms with E-state index < -0.39 is 0 Å². The predicted molar refractivity (Wildman–Crippen MR) is 119 cm³/mol. The predicted octanol–water partition coefficient (Wildman–Crippen LogP) is 5.16. The van der Waals surface area contributed by atoms with Gasteiger partial charge in [0.1, 0.15) is 0 Å². The van der Waals surface area contributed by atoms with Gasteiger partial charge >= 0.3 is 0 Å². The third kappa shape index (κ3) is 4.17. The first-order valence-electron chi connectivity index (χ1n) is 10.7. The van der Waals surface area contributed by atoms with E-state index in [1.54, 1.807) is 11.1 Å². The summed E-state index contributed by atoms with van der Waals surface area (Å²) in [5, 5.41) is 9.55. The Bertz CT molecular complexity index is 828. The highest BCUT2D eigenvalue weighted by molar-refractivity contribution is 7.99. The minimum atomic E-state index is -0.364. The topological polar surface area (TPSA) is 46.2 Å². The maximum Gasteiger partial charge on any atom is 0.0611 e. The first-order chi connectivity index (χ1) is 13.5. The molecule has 0 heterocycles. The van der Waals surface area contributed by atoms with Crippen LogP contribution >= 0.6 is 11.8 Å². The molecule has 2 nitrogen and oxygen atoms in total. The smallest absolute Gasteiger partial charge is 0.0611 e. The van der Waals surface area contributed by atoms with Crippen LogP contribution in [0.2, 0.25) is 0 Å². The highest BCUT2D eigenvalue weighted by Crippen LogP contribution is 2.41. The summed E-state index contributed by atoms with van der Waals surface area (Å²) in [6.45, 7) is 4.56. The fourth-order valence-electron chi connectivity index (χ4n) is 5.06. The zero-order valence-corrected chi connectivity index (χ0v) is 18.0. The van der Waals surface area contributed by atoms with Gasteiger partial charge in [-0.2, -0.15) is 0 Å². The second-order valence-electron chi connectivity index (χ2n) is 9.13. The van der Waals surface area contributed by atoms with E-state index in [2.05, 4.69) is 50.2 Å². The maximum absolute atomic E-state index is 9.55. The molecule has 0 unspecified atom stereocenters. The average molecular weight is 396 g/mol. The Morgan fingerprint density at radius 2 is 1.89 bits per heavy atom. The van der Waals surface area contributed by atoms with Gasteiger partial charge < -0.3 is 10.8 Å². The first kappa shape index (κ1) is 20.0. The Balaban J connectivity index is 1.40. The molecule has 0 aromatic heterocycles. The van der Waals surface area contributed by atoms with Gasteiger partial charge in [0, 0.05) is 16.2 Å². The quantitative estimate of drug-likeness (QED) is 0.688. The van der Waals surface area contributed by atoms with Crippen LogP contribution in [0.25, 0.3) is 0 Å². The largest absolute Gasteiger partial charge is 0.394 e. The van der Waals surface area contributed by atoms with Crippen molar-refractivity contribution in [2.24, 2.45) is 11.7 Å². The van der Waals surface area contributed by atoms with Crippen LogP contribution in [0.15, 0.2) is 41.3 Å². The molecule has 1 fully saturated rings. The highest BCUT2D eigenvalue weighted by Gasteiger charge is 2.36. The van der Waals surface area contributed by atoms with E-state index in [9.17, 15) is 5.11 Å². The van der Waals surface area contributed by atoms with E-state index in [4.69, 9.17) is 5.73 Å². The summed E-state index contributed by atoms with van der Waals surface area (Å²) < 4.78 is 0. The third-order valence-electron chi connectivity index (χ3n) is 6.86. The lowest BCUT2D eigenvalue weighted by Crippen LogP contribution is -2.40. The Kier molecular flexibility index (Phi) is 5.87. The number of aryl methyl sites for hydroxylation is 3. The molecule has 1 saturated carbocycles. The zero-order chi connectivity index (χ0) is 19.7. The second kappa shape index (κ2) is 8.22. The monoisotopic (exact) mass is 395 g/mol. The number of nitrogens with two attached hydrogens (primary N) is 1. The van der Waals surface area contributed by atoms with Crippen LogP contribution in [0.4, 0.5) is 0 Å². The average Bonchev–Trinajstić information content (AvgIpc) is 3.10. The van der Waals surface area contributed by atoms with Gasteiger partial charge in [0.05, 0.1) is 6.61 Å². The Morgan fingerprint density at radius 1 is 1.11 bits per heavy atom. The van der Waals surface area contributed by atoms with Crippen molar-refractivity contribution >= 4 is 11.8 Å². The molecule has 3 N–H and O–H groups in total. The van der Waals surface area contributed by atoms with Crippen molar-refractivity contribution in [2.45, 2.75) is 68.7 Å². The first-order valence-corrected chi connectivity index (χ1v) is 11.7. The lowest BCUT2D eigenvalue weighted by Gasteiger charge is -2.26. The fourth-order valence-corrected chi connectivity index (χ4v) is 6.34. The zero-order valence-electron chi connectivity index (χ0n) is 17.2. The summed E-state index contributed by atoms with van der Waals surface area (Å²) in [5.41, 5.74) is 13.3. The lowest BCUT2D eigenvalue weighted by molar-refractivity contribution is 0.198. The van der Waals surface area contributed by atoms with Gasteiger partial charge in [0.2, 0.25) is 0 Å². The van der Waals surface area contributed by atoms with Crippen LogP contribution in [0.3, 0.4) is 0 Å². The van der Waals surface area contributed by atoms with Gasteiger partial charge in [-0.05, 0) is 92.0 Å². The second-order valence-corrected chi connectivity index (χ2v) is 10.2. The molecule has 2 aliphatic rings. The minimum Gasteiger partial charge on any atom is -0.394 e. The van der Waals surface area contributed by atoms with E-state index in [1.165, 1.54) is 46.6 Å². The number of hydrogen-bond donors (Lipinski definition) is 2. The van der Waals surface area contributed by atoms with Crippen molar-refractivity contribution < 1.29 is 5.11 Å². The molecule has 4 rings (SSSR count). The lowest BCUT2D eigenvalue weighted by atomic mass is 9.82. The van der Waals surface area contributed by atoms with E-state index in [0.717, 1.165) is 25.2 Å². The number of hydrogen-bond acceptors (Lipinski definition) is 3. The number of thioether (sulfide) groups is 1.